The minimum atomic E-state index is 0.634. The Morgan fingerprint density at radius 3 is 3.12 bits per heavy atom. The number of nitrogens with zero attached hydrogens (tertiary/aromatic N) is 2. The fraction of sp³-hybridized carbons (Fsp3) is 0.231. The minimum Gasteiger partial charge on any atom is -0.378 e. The van der Waals surface area contributed by atoms with Crippen molar-refractivity contribution >= 4 is 17.0 Å². The number of hydrogen-bond acceptors (Lipinski definition) is 4. The van der Waals surface area contributed by atoms with Crippen LogP contribution in [-0.2, 0) is 13.0 Å². The molecule has 0 saturated heterocycles. The average molecular weight is 243 g/mol. The SMILES string of the molecule is CCc1ccsc1CNc1cnccc1C#N. The highest BCUT2D eigenvalue weighted by Gasteiger charge is 2.04. The Hall–Kier alpha value is -1.86. The molecule has 0 aliphatic rings. The van der Waals surface area contributed by atoms with Crippen LogP contribution in [0, 0.1) is 11.3 Å². The Labute approximate surface area is 105 Å². The molecule has 0 aromatic carbocycles. The van der Waals surface area contributed by atoms with Gasteiger partial charge in [0.2, 0.25) is 0 Å². The summed E-state index contributed by atoms with van der Waals surface area (Å²) in [6.45, 7) is 2.90. The van der Waals surface area contributed by atoms with Crippen LogP contribution in [0.15, 0.2) is 29.9 Å². The molecule has 4 heteroatoms. The van der Waals surface area contributed by atoms with Gasteiger partial charge in [-0.2, -0.15) is 5.26 Å². The van der Waals surface area contributed by atoms with Crippen LogP contribution in [0.3, 0.4) is 0 Å². The van der Waals surface area contributed by atoms with Crippen molar-refractivity contribution in [3.63, 3.8) is 0 Å². The maximum absolute atomic E-state index is 8.96. The number of nitriles is 1. The number of hydrogen-bond donors (Lipinski definition) is 1. The van der Waals surface area contributed by atoms with E-state index in [1.165, 1.54) is 10.4 Å². The number of rotatable bonds is 4. The van der Waals surface area contributed by atoms with Crippen LogP contribution in [-0.4, -0.2) is 4.98 Å². The van der Waals surface area contributed by atoms with Crippen LogP contribution < -0.4 is 5.32 Å². The normalized spacial score (nSPS) is 9.88. The van der Waals surface area contributed by atoms with E-state index in [0.717, 1.165) is 18.7 Å². The van der Waals surface area contributed by atoms with Gasteiger partial charge in [0.25, 0.3) is 0 Å². The topological polar surface area (TPSA) is 48.7 Å². The van der Waals surface area contributed by atoms with E-state index in [1.54, 1.807) is 29.8 Å². The second-order valence-electron chi connectivity index (χ2n) is 3.61. The molecule has 3 nitrogen and oxygen atoms in total. The molecule has 86 valence electrons. The summed E-state index contributed by atoms with van der Waals surface area (Å²) in [7, 11) is 0. The molecule has 2 rings (SSSR count). The van der Waals surface area contributed by atoms with Crippen molar-refractivity contribution < 1.29 is 0 Å². The summed E-state index contributed by atoms with van der Waals surface area (Å²) in [6.07, 6.45) is 4.36. The molecule has 0 atom stereocenters. The molecule has 17 heavy (non-hydrogen) atoms. The standard InChI is InChI=1S/C13H13N3S/c1-2-10-4-6-17-13(10)9-16-12-8-15-5-3-11(12)7-14/h3-6,8,16H,2,9H2,1H3. The number of nitrogens with one attached hydrogen (secondary N) is 1. The maximum atomic E-state index is 8.96. The van der Waals surface area contributed by atoms with E-state index in [2.05, 4.69) is 34.7 Å². The van der Waals surface area contributed by atoms with E-state index in [1.807, 2.05) is 0 Å². The summed E-state index contributed by atoms with van der Waals surface area (Å²) in [6, 6.07) is 6.02. The van der Waals surface area contributed by atoms with Crippen LogP contribution in [0.1, 0.15) is 22.9 Å². The molecular weight excluding hydrogens is 230 g/mol. The fourth-order valence-corrected chi connectivity index (χ4v) is 2.56. The van der Waals surface area contributed by atoms with Gasteiger partial charge in [-0.05, 0) is 29.5 Å². The molecule has 0 unspecified atom stereocenters. The van der Waals surface area contributed by atoms with Gasteiger partial charge >= 0.3 is 0 Å². The second kappa shape index (κ2) is 5.46. The predicted octanol–water partition coefficient (Wildman–Crippen LogP) is 3.19. The maximum Gasteiger partial charge on any atom is 0.101 e. The highest BCUT2D eigenvalue weighted by Crippen LogP contribution is 2.20. The highest BCUT2D eigenvalue weighted by atomic mass is 32.1. The van der Waals surface area contributed by atoms with Crippen LogP contribution in [0.2, 0.25) is 0 Å². The third-order valence-corrected chi connectivity index (χ3v) is 3.56. The Morgan fingerprint density at radius 1 is 1.47 bits per heavy atom. The Morgan fingerprint density at radius 2 is 2.35 bits per heavy atom. The third-order valence-electron chi connectivity index (χ3n) is 2.60. The zero-order chi connectivity index (χ0) is 12.1. The molecule has 0 fully saturated rings. The van der Waals surface area contributed by atoms with Crippen molar-refractivity contribution in [1.82, 2.24) is 4.98 Å². The third kappa shape index (κ3) is 2.63. The molecule has 1 N–H and O–H groups in total. The lowest BCUT2D eigenvalue weighted by Crippen LogP contribution is -2.01. The quantitative estimate of drug-likeness (QED) is 0.897. The molecule has 2 aromatic heterocycles. The molecule has 0 spiro atoms. The number of aromatic nitrogens is 1. The first kappa shape index (κ1) is 11.6. The van der Waals surface area contributed by atoms with Gasteiger partial charge < -0.3 is 5.32 Å². The first-order valence-corrected chi connectivity index (χ1v) is 6.36. The molecule has 0 bridgehead atoms. The first-order chi connectivity index (χ1) is 8.35. The van der Waals surface area contributed by atoms with E-state index >= 15 is 0 Å². The fourth-order valence-electron chi connectivity index (χ4n) is 1.65. The molecule has 0 radical (unpaired) electrons. The monoisotopic (exact) mass is 243 g/mol. The van der Waals surface area contributed by atoms with Crippen LogP contribution in [0.25, 0.3) is 0 Å². The molecule has 0 aliphatic heterocycles. The molecule has 2 aromatic rings. The van der Waals surface area contributed by atoms with Crippen LogP contribution >= 0.6 is 11.3 Å². The molecule has 2 heterocycles. The first-order valence-electron chi connectivity index (χ1n) is 5.48. The number of aryl methyl sites for hydroxylation is 1. The van der Waals surface area contributed by atoms with Crippen LogP contribution in [0.5, 0.6) is 0 Å². The van der Waals surface area contributed by atoms with Gasteiger partial charge in [-0.1, -0.05) is 6.92 Å². The number of pyridine rings is 1. The van der Waals surface area contributed by atoms with Gasteiger partial charge in [-0.3, -0.25) is 4.98 Å². The Bertz CT molecular complexity index is 540. The highest BCUT2D eigenvalue weighted by molar-refractivity contribution is 7.10. The summed E-state index contributed by atoms with van der Waals surface area (Å²) in [5, 5.41) is 14.3. The number of anilines is 1. The van der Waals surface area contributed by atoms with Gasteiger partial charge in [0.15, 0.2) is 0 Å². The summed E-state index contributed by atoms with van der Waals surface area (Å²) < 4.78 is 0. The van der Waals surface area contributed by atoms with Gasteiger partial charge in [0.05, 0.1) is 17.4 Å². The molecule has 0 aliphatic carbocycles. The summed E-state index contributed by atoms with van der Waals surface area (Å²) >= 11 is 1.74. The van der Waals surface area contributed by atoms with Crippen molar-refractivity contribution in [2.45, 2.75) is 19.9 Å². The lowest BCUT2D eigenvalue weighted by atomic mass is 10.2. The van der Waals surface area contributed by atoms with E-state index in [0.29, 0.717) is 5.56 Å². The Kier molecular flexibility index (Phi) is 3.73. The lowest BCUT2D eigenvalue weighted by Gasteiger charge is -2.07. The second-order valence-corrected chi connectivity index (χ2v) is 4.61. The summed E-state index contributed by atoms with van der Waals surface area (Å²) in [5.41, 5.74) is 2.80. The van der Waals surface area contributed by atoms with Gasteiger partial charge in [0, 0.05) is 17.6 Å². The number of thiophene rings is 1. The van der Waals surface area contributed by atoms with Crippen molar-refractivity contribution in [3.8, 4) is 6.07 Å². The van der Waals surface area contributed by atoms with Crippen molar-refractivity contribution in [3.05, 3.63) is 45.9 Å². The van der Waals surface area contributed by atoms with E-state index in [4.69, 9.17) is 5.26 Å². The minimum absolute atomic E-state index is 0.634. The molecule has 0 saturated carbocycles. The smallest absolute Gasteiger partial charge is 0.101 e. The lowest BCUT2D eigenvalue weighted by molar-refractivity contribution is 1.08. The summed E-state index contributed by atoms with van der Waals surface area (Å²) in [4.78, 5) is 5.35. The summed E-state index contributed by atoms with van der Waals surface area (Å²) in [5.74, 6) is 0. The van der Waals surface area contributed by atoms with Crippen molar-refractivity contribution in [2.75, 3.05) is 5.32 Å². The zero-order valence-corrected chi connectivity index (χ0v) is 10.4. The van der Waals surface area contributed by atoms with Crippen molar-refractivity contribution in [2.24, 2.45) is 0 Å². The molecule has 0 amide bonds. The Balaban J connectivity index is 2.10. The predicted molar refractivity (Wildman–Crippen MR) is 70.0 cm³/mol. The van der Waals surface area contributed by atoms with Gasteiger partial charge in [-0.15, -0.1) is 11.3 Å². The van der Waals surface area contributed by atoms with Gasteiger partial charge in [-0.25, -0.2) is 0 Å². The van der Waals surface area contributed by atoms with E-state index in [-0.39, 0.29) is 0 Å². The molecular formula is C13H13N3S. The van der Waals surface area contributed by atoms with Gasteiger partial charge in [0.1, 0.15) is 6.07 Å². The van der Waals surface area contributed by atoms with E-state index < -0.39 is 0 Å². The average Bonchev–Trinajstić information content (AvgIpc) is 2.84. The zero-order valence-electron chi connectivity index (χ0n) is 9.60. The van der Waals surface area contributed by atoms with E-state index in [9.17, 15) is 0 Å². The largest absolute Gasteiger partial charge is 0.378 e. The van der Waals surface area contributed by atoms with Crippen LogP contribution in [0.4, 0.5) is 5.69 Å². The van der Waals surface area contributed by atoms with Crippen molar-refractivity contribution in [1.29, 1.82) is 5.26 Å².